The lowest BCUT2D eigenvalue weighted by molar-refractivity contribution is 0.0953. The van der Waals surface area contributed by atoms with E-state index in [1.165, 1.54) is 7.11 Å². The van der Waals surface area contributed by atoms with Crippen molar-refractivity contribution in [1.29, 1.82) is 0 Å². The number of nitrogens with two attached hydrogens (primary N) is 1. The van der Waals surface area contributed by atoms with Crippen LogP contribution in [0.15, 0.2) is 12.1 Å². The maximum absolute atomic E-state index is 11.9. The van der Waals surface area contributed by atoms with Crippen LogP contribution in [0.25, 0.3) is 0 Å². The molecule has 1 aromatic rings. The van der Waals surface area contributed by atoms with Gasteiger partial charge < -0.3 is 20.5 Å². The number of carbonyl (C=O) groups is 1. The molecule has 0 heterocycles. The number of benzene rings is 1. The maximum Gasteiger partial charge on any atom is 0.251 e. The normalized spacial score (nSPS) is 10.1. The molecule has 0 aliphatic carbocycles. The van der Waals surface area contributed by atoms with Crippen molar-refractivity contribution in [1.82, 2.24) is 5.32 Å². The minimum atomic E-state index is -0.211. The number of nitrogens with one attached hydrogen (secondary N) is 1. The van der Waals surface area contributed by atoms with E-state index in [0.29, 0.717) is 41.8 Å². The number of methoxy groups -OCH3 is 1. The Bertz CT molecular complexity index is 438. The molecule has 0 fully saturated rings. The SMILES string of the molecule is CCOc1c(Cl)cc(C(=O)NCCCN)cc1OC. The summed E-state index contributed by atoms with van der Waals surface area (Å²) in [4.78, 5) is 11.9. The Morgan fingerprint density at radius 3 is 2.79 bits per heavy atom. The molecule has 0 bridgehead atoms. The summed E-state index contributed by atoms with van der Waals surface area (Å²) >= 11 is 6.09. The van der Waals surface area contributed by atoms with E-state index in [9.17, 15) is 4.79 Å². The van der Waals surface area contributed by atoms with Crippen molar-refractivity contribution < 1.29 is 14.3 Å². The summed E-state index contributed by atoms with van der Waals surface area (Å²) in [5.41, 5.74) is 5.80. The number of hydrogen-bond donors (Lipinski definition) is 2. The summed E-state index contributed by atoms with van der Waals surface area (Å²) in [7, 11) is 1.50. The fourth-order valence-electron chi connectivity index (χ4n) is 1.54. The molecule has 0 spiro atoms. The zero-order valence-corrected chi connectivity index (χ0v) is 11.9. The third-order valence-corrected chi connectivity index (χ3v) is 2.73. The Hall–Kier alpha value is -1.46. The number of rotatable bonds is 7. The summed E-state index contributed by atoms with van der Waals surface area (Å²) in [5.74, 6) is 0.681. The van der Waals surface area contributed by atoms with Gasteiger partial charge in [0.15, 0.2) is 11.5 Å². The number of halogens is 1. The molecular formula is C13H19ClN2O3. The summed E-state index contributed by atoms with van der Waals surface area (Å²) < 4.78 is 10.6. The zero-order chi connectivity index (χ0) is 14.3. The highest BCUT2D eigenvalue weighted by atomic mass is 35.5. The van der Waals surface area contributed by atoms with Crippen molar-refractivity contribution in [2.75, 3.05) is 26.8 Å². The molecule has 0 saturated heterocycles. The topological polar surface area (TPSA) is 73.6 Å². The van der Waals surface area contributed by atoms with E-state index in [4.69, 9.17) is 26.8 Å². The van der Waals surface area contributed by atoms with Crippen molar-refractivity contribution in [2.45, 2.75) is 13.3 Å². The van der Waals surface area contributed by atoms with Gasteiger partial charge in [0.2, 0.25) is 0 Å². The quantitative estimate of drug-likeness (QED) is 0.750. The first-order chi connectivity index (χ1) is 9.13. The van der Waals surface area contributed by atoms with Gasteiger partial charge in [0.25, 0.3) is 5.91 Å². The number of hydrogen-bond acceptors (Lipinski definition) is 4. The second kappa shape index (κ2) is 7.86. The third-order valence-electron chi connectivity index (χ3n) is 2.45. The second-order valence-corrected chi connectivity index (χ2v) is 4.23. The van der Waals surface area contributed by atoms with Gasteiger partial charge in [-0.1, -0.05) is 11.6 Å². The van der Waals surface area contributed by atoms with Crippen LogP contribution in [0.3, 0.4) is 0 Å². The van der Waals surface area contributed by atoms with Gasteiger partial charge in [0.1, 0.15) is 0 Å². The van der Waals surface area contributed by atoms with Gasteiger partial charge in [-0.15, -0.1) is 0 Å². The first-order valence-corrected chi connectivity index (χ1v) is 6.50. The molecule has 3 N–H and O–H groups in total. The van der Waals surface area contributed by atoms with Gasteiger partial charge >= 0.3 is 0 Å². The van der Waals surface area contributed by atoms with Crippen LogP contribution in [0.1, 0.15) is 23.7 Å². The lowest BCUT2D eigenvalue weighted by Gasteiger charge is -2.13. The average Bonchev–Trinajstić information content (AvgIpc) is 2.41. The fourth-order valence-corrected chi connectivity index (χ4v) is 1.81. The minimum Gasteiger partial charge on any atom is -0.493 e. The monoisotopic (exact) mass is 286 g/mol. The Labute approximate surface area is 118 Å². The molecule has 0 radical (unpaired) electrons. The van der Waals surface area contributed by atoms with Crippen LogP contribution >= 0.6 is 11.6 Å². The standard InChI is InChI=1S/C13H19ClN2O3/c1-3-19-12-10(14)7-9(8-11(12)18-2)13(17)16-6-4-5-15/h7-8H,3-6,15H2,1-2H3,(H,16,17). The van der Waals surface area contributed by atoms with Crippen molar-refractivity contribution in [3.8, 4) is 11.5 Å². The summed E-state index contributed by atoms with van der Waals surface area (Å²) in [6, 6.07) is 3.17. The van der Waals surface area contributed by atoms with E-state index >= 15 is 0 Å². The number of carbonyl (C=O) groups excluding carboxylic acids is 1. The van der Waals surface area contributed by atoms with Gasteiger partial charge in [-0.25, -0.2) is 0 Å². The van der Waals surface area contributed by atoms with Crippen LogP contribution in [0.4, 0.5) is 0 Å². The molecule has 5 nitrogen and oxygen atoms in total. The Morgan fingerprint density at radius 2 is 2.21 bits per heavy atom. The van der Waals surface area contributed by atoms with Gasteiger partial charge in [0.05, 0.1) is 18.7 Å². The van der Waals surface area contributed by atoms with Gasteiger partial charge in [-0.3, -0.25) is 4.79 Å². The van der Waals surface area contributed by atoms with E-state index in [-0.39, 0.29) is 5.91 Å². The van der Waals surface area contributed by atoms with Crippen LogP contribution in [-0.4, -0.2) is 32.7 Å². The zero-order valence-electron chi connectivity index (χ0n) is 11.2. The highest BCUT2D eigenvalue weighted by Gasteiger charge is 2.15. The molecule has 0 aromatic heterocycles. The summed E-state index contributed by atoms with van der Waals surface area (Å²) in [6.45, 7) is 3.39. The van der Waals surface area contributed by atoms with Crippen LogP contribution in [-0.2, 0) is 0 Å². The molecule has 106 valence electrons. The van der Waals surface area contributed by atoms with E-state index in [0.717, 1.165) is 6.42 Å². The van der Waals surface area contributed by atoms with Crippen LogP contribution in [0, 0.1) is 0 Å². The molecule has 1 rings (SSSR count). The summed E-state index contributed by atoms with van der Waals surface area (Å²) in [6.07, 6.45) is 0.730. The van der Waals surface area contributed by atoms with Crippen molar-refractivity contribution in [3.63, 3.8) is 0 Å². The minimum absolute atomic E-state index is 0.211. The fraction of sp³-hybridized carbons (Fsp3) is 0.462. The van der Waals surface area contributed by atoms with E-state index in [1.54, 1.807) is 12.1 Å². The third kappa shape index (κ3) is 4.29. The van der Waals surface area contributed by atoms with E-state index in [1.807, 2.05) is 6.92 Å². The summed E-state index contributed by atoms with van der Waals surface area (Å²) in [5, 5.41) is 3.11. The Balaban J connectivity index is 2.91. The average molecular weight is 287 g/mol. The highest BCUT2D eigenvalue weighted by Crippen LogP contribution is 2.36. The van der Waals surface area contributed by atoms with Crippen LogP contribution in [0.2, 0.25) is 5.02 Å². The largest absolute Gasteiger partial charge is 0.493 e. The van der Waals surface area contributed by atoms with Gasteiger partial charge in [-0.2, -0.15) is 0 Å². The molecule has 0 saturated carbocycles. The number of ether oxygens (including phenoxy) is 2. The van der Waals surface area contributed by atoms with Crippen LogP contribution < -0.4 is 20.5 Å². The molecule has 1 amide bonds. The van der Waals surface area contributed by atoms with Crippen LogP contribution in [0.5, 0.6) is 11.5 Å². The van der Waals surface area contributed by atoms with E-state index in [2.05, 4.69) is 5.32 Å². The Morgan fingerprint density at radius 1 is 1.47 bits per heavy atom. The molecule has 1 aromatic carbocycles. The first kappa shape index (κ1) is 15.6. The molecule has 6 heteroatoms. The Kier molecular flexibility index (Phi) is 6.45. The lowest BCUT2D eigenvalue weighted by atomic mass is 10.2. The van der Waals surface area contributed by atoms with Gasteiger partial charge in [0, 0.05) is 12.1 Å². The molecule has 19 heavy (non-hydrogen) atoms. The second-order valence-electron chi connectivity index (χ2n) is 3.82. The lowest BCUT2D eigenvalue weighted by Crippen LogP contribution is -2.26. The van der Waals surface area contributed by atoms with Crippen molar-refractivity contribution >= 4 is 17.5 Å². The molecule has 0 aliphatic rings. The van der Waals surface area contributed by atoms with Crippen molar-refractivity contribution in [2.24, 2.45) is 5.73 Å². The van der Waals surface area contributed by atoms with Crippen molar-refractivity contribution in [3.05, 3.63) is 22.7 Å². The highest BCUT2D eigenvalue weighted by molar-refractivity contribution is 6.32. The molecule has 0 atom stereocenters. The predicted molar refractivity (Wildman–Crippen MR) is 75.2 cm³/mol. The van der Waals surface area contributed by atoms with Gasteiger partial charge in [-0.05, 0) is 32.0 Å². The predicted octanol–water partition coefficient (Wildman–Crippen LogP) is 1.83. The maximum atomic E-state index is 11.9. The van der Waals surface area contributed by atoms with E-state index < -0.39 is 0 Å². The first-order valence-electron chi connectivity index (χ1n) is 6.12. The molecule has 0 aliphatic heterocycles. The number of amides is 1. The smallest absolute Gasteiger partial charge is 0.251 e. The molecular weight excluding hydrogens is 268 g/mol. The molecule has 0 unspecified atom stereocenters.